The summed E-state index contributed by atoms with van der Waals surface area (Å²) in [6.45, 7) is 2.78. The fourth-order valence-corrected chi connectivity index (χ4v) is 1.82. The molecule has 0 unspecified atom stereocenters. The Morgan fingerprint density at radius 3 is 2.89 bits per heavy atom. The minimum atomic E-state index is 0.555. The van der Waals surface area contributed by atoms with E-state index in [0.717, 1.165) is 29.9 Å². The van der Waals surface area contributed by atoms with Crippen LogP contribution in [0.3, 0.4) is 0 Å². The molecule has 0 aromatic carbocycles. The summed E-state index contributed by atoms with van der Waals surface area (Å²) < 4.78 is 1.83. The molecule has 0 atom stereocenters. The van der Waals surface area contributed by atoms with Crippen molar-refractivity contribution < 1.29 is 0 Å². The van der Waals surface area contributed by atoms with E-state index in [1.807, 2.05) is 17.8 Å². The summed E-state index contributed by atoms with van der Waals surface area (Å²) in [5, 5.41) is 7.41. The molecule has 0 aliphatic heterocycles. The minimum absolute atomic E-state index is 0.555. The van der Waals surface area contributed by atoms with Gasteiger partial charge in [0.05, 0.1) is 12.2 Å². The van der Waals surface area contributed by atoms with Gasteiger partial charge in [0, 0.05) is 18.8 Å². The van der Waals surface area contributed by atoms with Gasteiger partial charge in [-0.15, -0.1) is 0 Å². The van der Waals surface area contributed by atoms with Crippen molar-refractivity contribution in [2.24, 2.45) is 7.05 Å². The first kappa shape index (κ1) is 12.3. The summed E-state index contributed by atoms with van der Waals surface area (Å²) in [5.74, 6) is 1.37. The number of hydrogen-bond acceptors (Lipinski definition) is 5. The van der Waals surface area contributed by atoms with Crippen molar-refractivity contribution in [1.82, 2.24) is 19.7 Å². The van der Waals surface area contributed by atoms with Gasteiger partial charge >= 0.3 is 0 Å². The number of hydrogen-bond donors (Lipinski definition) is 2. The van der Waals surface area contributed by atoms with Crippen LogP contribution in [0.4, 0.5) is 11.6 Å². The van der Waals surface area contributed by atoms with Gasteiger partial charge < -0.3 is 11.1 Å². The van der Waals surface area contributed by atoms with Crippen molar-refractivity contribution in [2.75, 3.05) is 11.1 Å². The number of nitrogens with one attached hydrogen (secondary N) is 1. The Morgan fingerprint density at radius 2 is 2.22 bits per heavy atom. The number of aryl methyl sites for hydroxylation is 1. The molecule has 0 radical (unpaired) electrons. The lowest BCUT2D eigenvalue weighted by Crippen LogP contribution is -2.10. The quantitative estimate of drug-likeness (QED) is 0.832. The second-order valence-electron chi connectivity index (χ2n) is 4.14. The predicted octanol–water partition coefficient (Wildman–Crippen LogP) is 1.36. The molecule has 2 aromatic rings. The maximum Gasteiger partial charge on any atom is 0.135 e. The molecular formula is C12H18N6. The van der Waals surface area contributed by atoms with Gasteiger partial charge in [0.25, 0.3) is 0 Å². The van der Waals surface area contributed by atoms with Gasteiger partial charge in [-0.3, -0.25) is 4.68 Å². The molecule has 0 saturated carbocycles. The summed E-state index contributed by atoms with van der Waals surface area (Å²) in [6, 6.07) is 1.97. The first-order valence-electron chi connectivity index (χ1n) is 6.02. The average molecular weight is 246 g/mol. The van der Waals surface area contributed by atoms with Crippen molar-refractivity contribution in [3.8, 4) is 0 Å². The summed E-state index contributed by atoms with van der Waals surface area (Å²) in [5.41, 5.74) is 7.96. The molecule has 2 aromatic heterocycles. The molecule has 6 heteroatoms. The van der Waals surface area contributed by atoms with E-state index in [1.165, 1.54) is 6.33 Å². The van der Waals surface area contributed by atoms with Gasteiger partial charge in [0.2, 0.25) is 0 Å². The molecule has 6 nitrogen and oxygen atoms in total. The third-order valence-electron chi connectivity index (χ3n) is 2.84. The molecule has 0 saturated heterocycles. The number of anilines is 2. The summed E-state index contributed by atoms with van der Waals surface area (Å²) in [4.78, 5) is 8.29. The molecule has 2 heterocycles. The van der Waals surface area contributed by atoms with E-state index in [-0.39, 0.29) is 0 Å². The van der Waals surface area contributed by atoms with Gasteiger partial charge in [-0.05, 0) is 12.5 Å². The Hall–Kier alpha value is -2.11. The highest BCUT2D eigenvalue weighted by molar-refractivity contribution is 5.55. The van der Waals surface area contributed by atoms with Gasteiger partial charge in [0.1, 0.15) is 18.0 Å². The van der Waals surface area contributed by atoms with Crippen LogP contribution in [-0.2, 0) is 20.0 Å². The third kappa shape index (κ3) is 2.58. The molecule has 0 aliphatic carbocycles. The second-order valence-corrected chi connectivity index (χ2v) is 4.14. The van der Waals surface area contributed by atoms with Crippen LogP contribution < -0.4 is 11.1 Å². The van der Waals surface area contributed by atoms with Crippen LogP contribution in [0.5, 0.6) is 0 Å². The van der Waals surface area contributed by atoms with Crippen molar-refractivity contribution in [3.05, 3.63) is 29.8 Å². The lowest BCUT2D eigenvalue weighted by atomic mass is 10.1. The van der Waals surface area contributed by atoms with Crippen LogP contribution in [0.1, 0.15) is 24.6 Å². The topological polar surface area (TPSA) is 81.7 Å². The highest BCUT2D eigenvalue weighted by atomic mass is 15.3. The molecule has 2 rings (SSSR count). The predicted molar refractivity (Wildman–Crippen MR) is 71.0 cm³/mol. The van der Waals surface area contributed by atoms with Crippen LogP contribution in [0.2, 0.25) is 0 Å². The molecule has 0 amide bonds. The van der Waals surface area contributed by atoms with Gasteiger partial charge in [-0.2, -0.15) is 5.10 Å². The highest BCUT2D eigenvalue weighted by Gasteiger charge is 2.08. The van der Waals surface area contributed by atoms with Crippen molar-refractivity contribution in [3.63, 3.8) is 0 Å². The molecule has 3 N–H and O–H groups in total. The number of nitrogen functional groups attached to an aromatic ring is 1. The first-order valence-corrected chi connectivity index (χ1v) is 6.02. The maximum atomic E-state index is 5.88. The Labute approximate surface area is 106 Å². The van der Waals surface area contributed by atoms with E-state index in [0.29, 0.717) is 12.4 Å². The SMILES string of the molecule is CCCc1c(N)ncnc1NCc1ccnn1C. The molecule has 0 spiro atoms. The standard InChI is InChI=1S/C12H18N6/c1-3-4-10-11(13)15-8-16-12(10)14-7-9-5-6-17-18(9)2/h5-6,8H,3-4,7H2,1-2H3,(H3,13,14,15,16). The fourth-order valence-electron chi connectivity index (χ4n) is 1.82. The number of aromatic nitrogens is 4. The lowest BCUT2D eigenvalue weighted by molar-refractivity contribution is 0.719. The third-order valence-corrected chi connectivity index (χ3v) is 2.84. The van der Waals surface area contributed by atoms with Gasteiger partial charge in [-0.25, -0.2) is 9.97 Å². The van der Waals surface area contributed by atoms with Gasteiger partial charge in [0.15, 0.2) is 0 Å². The first-order chi connectivity index (χ1) is 8.72. The fraction of sp³-hybridized carbons (Fsp3) is 0.417. The van der Waals surface area contributed by atoms with E-state index >= 15 is 0 Å². The van der Waals surface area contributed by atoms with E-state index < -0.39 is 0 Å². The van der Waals surface area contributed by atoms with Crippen LogP contribution in [0, 0.1) is 0 Å². The second kappa shape index (κ2) is 5.48. The zero-order valence-electron chi connectivity index (χ0n) is 10.7. The average Bonchev–Trinajstić information content (AvgIpc) is 2.76. The summed E-state index contributed by atoms with van der Waals surface area (Å²) in [7, 11) is 1.91. The molecule has 0 aliphatic rings. The molecule has 0 bridgehead atoms. The number of rotatable bonds is 5. The van der Waals surface area contributed by atoms with Crippen LogP contribution >= 0.6 is 0 Å². The van der Waals surface area contributed by atoms with E-state index in [1.54, 1.807) is 6.20 Å². The highest BCUT2D eigenvalue weighted by Crippen LogP contribution is 2.19. The Bertz CT molecular complexity index is 519. The van der Waals surface area contributed by atoms with Gasteiger partial charge in [-0.1, -0.05) is 13.3 Å². The Kier molecular flexibility index (Phi) is 3.76. The van der Waals surface area contributed by atoms with Crippen LogP contribution in [0.15, 0.2) is 18.6 Å². The van der Waals surface area contributed by atoms with E-state index in [2.05, 4.69) is 27.3 Å². The number of nitrogens with two attached hydrogens (primary N) is 1. The largest absolute Gasteiger partial charge is 0.383 e. The van der Waals surface area contributed by atoms with E-state index in [9.17, 15) is 0 Å². The van der Waals surface area contributed by atoms with E-state index in [4.69, 9.17) is 5.73 Å². The molecule has 96 valence electrons. The molecule has 0 fully saturated rings. The normalized spacial score (nSPS) is 10.6. The Balaban J connectivity index is 2.14. The maximum absolute atomic E-state index is 5.88. The summed E-state index contributed by atoms with van der Waals surface area (Å²) in [6.07, 6.45) is 5.15. The smallest absolute Gasteiger partial charge is 0.135 e. The minimum Gasteiger partial charge on any atom is -0.383 e. The van der Waals surface area contributed by atoms with Crippen LogP contribution in [0.25, 0.3) is 0 Å². The Morgan fingerprint density at radius 1 is 1.39 bits per heavy atom. The van der Waals surface area contributed by atoms with Crippen molar-refractivity contribution in [1.29, 1.82) is 0 Å². The lowest BCUT2D eigenvalue weighted by Gasteiger charge is -2.11. The summed E-state index contributed by atoms with van der Waals surface area (Å²) >= 11 is 0. The zero-order chi connectivity index (χ0) is 13.0. The molecular weight excluding hydrogens is 228 g/mol. The van der Waals surface area contributed by atoms with Crippen molar-refractivity contribution >= 4 is 11.6 Å². The van der Waals surface area contributed by atoms with Crippen molar-refractivity contribution in [2.45, 2.75) is 26.3 Å². The molecule has 18 heavy (non-hydrogen) atoms. The monoisotopic (exact) mass is 246 g/mol. The number of nitrogens with zero attached hydrogens (tertiary/aromatic N) is 4. The zero-order valence-corrected chi connectivity index (χ0v) is 10.7. The van der Waals surface area contributed by atoms with Crippen LogP contribution in [-0.4, -0.2) is 19.7 Å².